The Morgan fingerprint density at radius 1 is 1.05 bits per heavy atom. The molecule has 0 radical (unpaired) electrons. The third-order valence-electron chi connectivity index (χ3n) is 8.82. The van der Waals surface area contributed by atoms with Crippen molar-refractivity contribution < 1.29 is 31.8 Å². The topological polar surface area (TPSA) is 162 Å². The lowest BCUT2D eigenvalue weighted by molar-refractivity contribution is 0.189. The molecule has 7 rings (SSSR count). The number of rotatable bonds is 11. The first-order valence-corrected chi connectivity index (χ1v) is 19.5. The molecule has 0 saturated heterocycles. The first kappa shape index (κ1) is 37.4. The van der Waals surface area contributed by atoms with Crippen molar-refractivity contribution in [1.82, 2.24) is 29.6 Å². The lowest BCUT2D eigenvalue weighted by Gasteiger charge is -2.23. The van der Waals surface area contributed by atoms with Crippen LogP contribution < -0.4 is 19.9 Å². The molecule has 13 nitrogen and oxygen atoms in total. The minimum atomic E-state index is -4.00. The Bertz CT molecular complexity index is 2760. The molecule has 0 saturated carbocycles. The third kappa shape index (κ3) is 7.33. The van der Waals surface area contributed by atoms with Crippen LogP contribution in [0.5, 0.6) is 5.75 Å². The van der Waals surface area contributed by atoms with E-state index < -0.39 is 39.4 Å². The number of hydrogen-bond acceptors (Lipinski definition) is 9. The zero-order chi connectivity index (χ0) is 39.2. The number of carboxylic acid groups (broad SMARTS) is 1. The molecule has 0 aliphatic rings. The number of amides is 1. The first-order valence-electron chi connectivity index (χ1n) is 16.4. The van der Waals surface area contributed by atoms with Crippen molar-refractivity contribution >= 4 is 66.7 Å². The lowest BCUT2D eigenvalue weighted by atomic mass is 10.0. The molecule has 0 aliphatic heterocycles. The van der Waals surface area contributed by atoms with E-state index in [1.807, 2.05) is 0 Å². The van der Waals surface area contributed by atoms with Gasteiger partial charge in [-0.15, -0.1) is 11.3 Å². The molecule has 18 heteroatoms. The summed E-state index contributed by atoms with van der Waals surface area (Å²) in [6.07, 6.45) is 0.805. The Morgan fingerprint density at radius 2 is 1.78 bits per heavy atom. The molecule has 1 amide bonds. The molecule has 2 N–H and O–H groups in total. The molecule has 1 atom stereocenters. The van der Waals surface area contributed by atoms with Crippen molar-refractivity contribution in [3.05, 3.63) is 128 Å². The Morgan fingerprint density at radius 3 is 2.42 bits per heavy atom. The zero-order valence-corrected chi connectivity index (χ0v) is 31.6. The van der Waals surface area contributed by atoms with Gasteiger partial charge in [0.25, 0.3) is 5.56 Å². The van der Waals surface area contributed by atoms with Gasteiger partial charge in [-0.05, 0) is 53.6 Å². The second-order valence-corrected chi connectivity index (χ2v) is 15.7. The van der Waals surface area contributed by atoms with Gasteiger partial charge in [0.1, 0.15) is 28.2 Å². The molecule has 282 valence electrons. The number of nitrogens with zero attached hydrogens (tertiary/aromatic N) is 6. The Balaban J connectivity index is 1.53. The lowest BCUT2D eigenvalue weighted by Crippen LogP contribution is -2.35. The van der Waals surface area contributed by atoms with Gasteiger partial charge in [-0.3, -0.25) is 14.0 Å². The average molecular weight is 806 g/mol. The van der Waals surface area contributed by atoms with Crippen molar-refractivity contribution in [3.8, 4) is 22.0 Å². The summed E-state index contributed by atoms with van der Waals surface area (Å²) >= 11 is 8.14. The van der Waals surface area contributed by atoms with Gasteiger partial charge in [0, 0.05) is 36.7 Å². The Kier molecular flexibility index (Phi) is 10.0. The fourth-order valence-electron chi connectivity index (χ4n) is 6.51. The highest BCUT2D eigenvalue weighted by molar-refractivity contribution is 7.92. The zero-order valence-electron chi connectivity index (χ0n) is 29.2. The average Bonchev–Trinajstić information content (AvgIpc) is 3.79. The van der Waals surface area contributed by atoms with Crippen molar-refractivity contribution in [2.75, 3.05) is 17.7 Å². The van der Waals surface area contributed by atoms with Gasteiger partial charge in [-0.2, -0.15) is 5.10 Å². The van der Waals surface area contributed by atoms with Crippen LogP contribution in [0.25, 0.3) is 38.1 Å². The van der Waals surface area contributed by atoms with Crippen LogP contribution in [-0.2, 0) is 30.0 Å². The number of methoxy groups -OCH3 is 1. The fraction of sp³-hybridized carbons (Fsp3) is 0.162. The number of aryl methyl sites for hydroxylation is 1. The predicted octanol–water partition coefficient (Wildman–Crippen LogP) is 6.85. The van der Waals surface area contributed by atoms with Gasteiger partial charge in [0.15, 0.2) is 5.82 Å². The second-order valence-electron chi connectivity index (χ2n) is 12.5. The number of anilines is 1. The number of benzene rings is 4. The number of hydrogen-bond donors (Lipinski definition) is 2. The molecule has 0 bridgehead atoms. The van der Waals surface area contributed by atoms with Crippen LogP contribution in [0, 0.1) is 11.6 Å². The molecule has 0 fully saturated rings. The van der Waals surface area contributed by atoms with Crippen LogP contribution in [0.3, 0.4) is 0 Å². The largest absolute Gasteiger partial charge is 0.497 e. The van der Waals surface area contributed by atoms with Gasteiger partial charge in [0.2, 0.25) is 10.0 Å². The van der Waals surface area contributed by atoms with Crippen molar-refractivity contribution in [2.24, 2.45) is 7.05 Å². The van der Waals surface area contributed by atoms with Gasteiger partial charge < -0.3 is 15.2 Å². The summed E-state index contributed by atoms with van der Waals surface area (Å²) in [6, 6.07) is 16.2. The summed E-state index contributed by atoms with van der Waals surface area (Å²) in [6.45, 7) is -0.135. The molecular weight excluding hydrogens is 776 g/mol. The van der Waals surface area contributed by atoms with E-state index in [1.165, 1.54) is 39.8 Å². The van der Waals surface area contributed by atoms with Crippen molar-refractivity contribution in [1.29, 1.82) is 0 Å². The van der Waals surface area contributed by atoms with E-state index >= 15 is 4.79 Å². The fourth-order valence-corrected chi connectivity index (χ4v) is 8.24. The minimum absolute atomic E-state index is 0.0371. The van der Waals surface area contributed by atoms with Gasteiger partial charge in [-0.25, -0.2) is 36.3 Å². The van der Waals surface area contributed by atoms with Crippen LogP contribution in [0.4, 0.5) is 19.4 Å². The molecule has 0 aliphatic carbocycles. The summed E-state index contributed by atoms with van der Waals surface area (Å²) in [5.74, 6) is -1.36. The van der Waals surface area contributed by atoms with E-state index in [0.717, 1.165) is 22.7 Å². The highest BCUT2D eigenvalue weighted by atomic mass is 35.5. The van der Waals surface area contributed by atoms with E-state index in [9.17, 15) is 27.1 Å². The number of fused-ring (bicyclic) bond motifs is 2. The molecule has 3 aromatic heterocycles. The SMILES string of the molecule is COc1ccc(CN(c2nn(C)c3c(-n4c(C(Cc5cc(F)cc(F)c5)NC(=O)O)nc5cccc(-c6nccs6)c5c4=O)ccc(Cl)c23)S(C)(=O)=O)cc1. The third-order valence-corrected chi connectivity index (χ3v) is 11.0. The van der Waals surface area contributed by atoms with Crippen molar-refractivity contribution in [2.45, 2.75) is 19.0 Å². The van der Waals surface area contributed by atoms with Crippen molar-refractivity contribution in [3.63, 3.8) is 0 Å². The van der Waals surface area contributed by atoms with Crippen LogP contribution >= 0.6 is 22.9 Å². The van der Waals surface area contributed by atoms with Gasteiger partial charge in [0.05, 0.1) is 58.5 Å². The maximum atomic E-state index is 15.1. The smallest absolute Gasteiger partial charge is 0.405 e. The molecule has 7 aromatic rings. The van der Waals surface area contributed by atoms with E-state index in [-0.39, 0.29) is 62.7 Å². The van der Waals surface area contributed by atoms with E-state index in [0.29, 0.717) is 28.0 Å². The number of thiazole rings is 1. The Labute approximate surface area is 321 Å². The number of halogens is 3. The number of ether oxygens (including phenoxy) is 1. The van der Waals surface area contributed by atoms with Gasteiger partial charge in [-0.1, -0.05) is 35.9 Å². The quantitative estimate of drug-likeness (QED) is 0.142. The molecule has 0 spiro atoms. The monoisotopic (exact) mass is 805 g/mol. The maximum absolute atomic E-state index is 15.1. The normalized spacial score (nSPS) is 12.3. The van der Waals surface area contributed by atoms with Crippen LogP contribution in [0.15, 0.2) is 89.2 Å². The van der Waals surface area contributed by atoms with E-state index in [2.05, 4.69) is 15.4 Å². The second kappa shape index (κ2) is 14.7. The summed E-state index contributed by atoms with van der Waals surface area (Å²) < 4.78 is 64.5. The van der Waals surface area contributed by atoms with Crippen LogP contribution in [0.1, 0.15) is 23.0 Å². The summed E-state index contributed by atoms with van der Waals surface area (Å²) in [5, 5.41) is 19.7. The molecule has 4 aromatic carbocycles. The Hall–Kier alpha value is -5.91. The summed E-state index contributed by atoms with van der Waals surface area (Å²) in [7, 11) is -0.946. The predicted molar refractivity (Wildman–Crippen MR) is 206 cm³/mol. The number of sulfonamides is 1. The molecule has 3 heterocycles. The highest BCUT2D eigenvalue weighted by Gasteiger charge is 2.30. The standard InChI is InChI=1S/C37H30ClF2N7O6S2/c1-45-32-29(12-11-26(38)31(32)34(44-45)46(55(3,51)52)19-20-7-9-24(53-2)10-8-20)47-33(28(43-37(49)50)17-21-15-22(39)18-23(40)16-21)42-27-6-4-5-25(30(27)36(47)48)35-41-13-14-54-35/h4-16,18,28,43H,17,19H2,1-3H3,(H,49,50). The summed E-state index contributed by atoms with van der Waals surface area (Å²) in [5.41, 5.74) is 1.03. The molecular formula is C37H30ClF2N7O6S2. The van der Waals surface area contributed by atoms with E-state index in [1.54, 1.807) is 61.1 Å². The molecule has 55 heavy (non-hydrogen) atoms. The van der Waals surface area contributed by atoms with Crippen LogP contribution in [0.2, 0.25) is 5.02 Å². The highest BCUT2D eigenvalue weighted by Crippen LogP contribution is 2.39. The number of nitrogens with one attached hydrogen (secondary N) is 1. The summed E-state index contributed by atoms with van der Waals surface area (Å²) in [4.78, 5) is 36.6. The maximum Gasteiger partial charge on any atom is 0.405 e. The van der Waals surface area contributed by atoms with Crippen LogP contribution in [-0.4, -0.2) is 57.3 Å². The van der Waals surface area contributed by atoms with Gasteiger partial charge >= 0.3 is 6.09 Å². The number of aromatic nitrogens is 5. The van der Waals surface area contributed by atoms with E-state index in [4.69, 9.17) is 21.3 Å². The minimum Gasteiger partial charge on any atom is -0.497 e. The molecule has 1 unspecified atom stereocenters. The number of carbonyl (C=O) groups is 1. The first-order chi connectivity index (χ1) is 26.2.